The highest BCUT2D eigenvalue weighted by atomic mass is 35.5. The van der Waals surface area contributed by atoms with Crippen molar-refractivity contribution in [2.24, 2.45) is 5.92 Å². The van der Waals surface area contributed by atoms with E-state index in [0.29, 0.717) is 26.3 Å². The van der Waals surface area contributed by atoms with Gasteiger partial charge in [0.25, 0.3) is 5.91 Å². The molecular weight excluding hydrogens is 309 g/mol. The number of amides is 1. The Morgan fingerprint density at radius 1 is 1.41 bits per heavy atom. The van der Waals surface area contributed by atoms with Crippen molar-refractivity contribution in [2.75, 3.05) is 26.3 Å². The topological polar surface area (TPSA) is 38.8 Å². The lowest BCUT2D eigenvalue weighted by atomic mass is 9.90. The Morgan fingerprint density at radius 2 is 2.14 bits per heavy atom. The molecule has 1 amide bonds. The first-order valence-electron chi connectivity index (χ1n) is 7.52. The van der Waals surface area contributed by atoms with E-state index in [1.807, 2.05) is 6.92 Å². The molecule has 3 rings (SSSR count). The minimum atomic E-state index is -0.655. The van der Waals surface area contributed by atoms with Crippen LogP contribution in [-0.4, -0.2) is 42.9 Å². The van der Waals surface area contributed by atoms with Crippen molar-refractivity contribution in [3.8, 4) is 0 Å². The molecule has 0 spiro atoms. The maximum absolute atomic E-state index is 13.9. The average molecular weight is 328 g/mol. The molecule has 120 valence electrons. The van der Waals surface area contributed by atoms with E-state index < -0.39 is 11.6 Å². The molecule has 1 unspecified atom stereocenters. The molecule has 0 radical (unpaired) electrons. The number of rotatable bonds is 2. The van der Waals surface area contributed by atoms with Crippen molar-refractivity contribution in [3.05, 3.63) is 34.6 Å². The number of halogens is 2. The molecule has 2 heterocycles. The number of hydrogen-bond acceptors (Lipinski definition) is 3. The van der Waals surface area contributed by atoms with E-state index in [2.05, 4.69) is 0 Å². The van der Waals surface area contributed by atoms with Gasteiger partial charge in [-0.25, -0.2) is 4.39 Å². The first-order chi connectivity index (χ1) is 10.5. The lowest BCUT2D eigenvalue weighted by Crippen LogP contribution is -2.48. The van der Waals surface area contributed by atoms with Crippen LogP contribution in [0, 0.1) is 11.7 Å². The van der Waals surface area contributed by atoms with E-state index in [9.17, 15) is 9.18 Å². The largest absolute Gasteiger partial charge is 0.347 e. The van der Waals surface area contributed by atoms with Crippen LogP contribution in [0.5, 0.6) is 0 Å². The van der Waals surface area contributed by atoms with Crippen LogP contribution in [-0.2, 0) is 9.47 Å². The van der Waals surface area contributed by atoms with Gasteiger partial charge in [0.15, 0.2) is 5.79 Å². The minimum absolute atomic E-state index is 0.0526. The van der Waals surface area contributed by atoms with Gasteiger partial charge in [-0.05, 0) is 31.9 Å². The normalized spacial score (nSPS) is 24.5. The average Bonchev–Trinajstić information content (AvgIpc) is 2.95. The van der Waals surface area contributed by atoms with Crippen LogP contribution in [0.4, 0.5) is 4.39 Å². The Morgan fingerprint density at radius 3 is 2.82 bits per heavy atom. The first kappa shape index (κ1) is 15.7. The van der Waals surface area contributed by atoms with E-state index in [1.165, 1.54) is 18.2 Å². The lowest BCUT2D eigenvalue weighted by Gasteiger charge is -2.40. The van der Waals surface area contributed by atoms with Gasteiger partial charge in [-0.15, -0.1) is 0 Å². The Hall–Kier alpha value is -1.17. The second kappa shape index (κ2) is 6.14. The van der Waals surface area contributed by atoms with Crippen LogP contribution >= 0.6 is 11.6 Å². The van der Waals surface area contributed by atoms with Crippen LogP contribution in [0.3, 0.4) is 0 Å². The van der Waals surface area contributed by atoms with Gasteiger partial charge in [0.05, 0.1) is 23.8 Å². The van der Waals surface area contributed by atoms with Crippen molar-refractivity contribution >= 4 is 17.5 Å². The van der Waals surface area contributed by atoms with Gasteiger partial charge in [-0.2, -0.15) is 0 Å². The standard InChI is InChI=1S/C16H19ClFNO3/c1-16(21-8-9-22-16)11-4-3-7-19(10-11)15(20)14-12(17)5-2-6-13(14)18/h2,5-6,11H,3-4,7-10H2,1H3. The highest BCUT2D eigenvalue weighted by molar-refractivity contribution is 6.33. The van der Waals surface area contributed by atoms with Gasteiger partial charge in [0.2, 0.25) is 0 Å². The summed E-state index contributed by atoms with van der Waals surface area (Å²) < 4.78 is 25.3. The third-order valence-corrected chi connectivity index (χ3v) is 4.80. The predicted molar refractivity (Wildman–Crippen MR) is 80.3 cm³/mol. The van der Waals surface area contributed by atoms with Crippen LogP contribution < -0.4 is 0 Å². The van der Waals surface area contributed by atoms with Gasteiger partial charge in [0, 0.05) is 19.0 Å². The number of carbonyl (C=O) groups excluding carboxylic acids is 1. The van der Waals surface area contributed by atoms with Gasteiger partial charge in [0.1, 0.15) is 5.82 Å². The van der Waals surface area contributed by atoms with E-state index in [-0.39, 0.29) is 22.4 Å². The summed E-state index contributed by atoms with van der Waals surface area (Å²) in [4.78, 5) is 14.3. The van der Waals surface area contributed by atoms with Crippen LogP contribution in [0.25, 0.3) is 0 Å². The molecule has 0 aliphatic carbocycles. The van der Waals surface area contributed by atoms with Crippen molar-refractivity contribution < 1.29 is 18.7 Å². The second-order valence-corrected chi connectivity index (χ2v) is 6.31. The van der Waals surface area contributed by atoms with Gasteiger partial charge >= 0.3 is 0 Å². The molecule has 0 N–H and O–H groups in total. The highest BCUT2D eigenvalue weighted by Crippen LogP contribution is 2.35. The van der Waals surface area contributed by atoms with E-state index in [1.54, 1.807) is 4.90 Å². The van der Waals surface area contributed by atoms with Gasteiger partial charge < -0.3 is 14.4 Å². The number of piperidine rings is 1. The maximum Gasteiger partial charge on any atom is 0.258 e. The number of hydrogen-bond donors (Lipinski definition) is 0. The molecule has 4 nitrogen and oxygen atoms in total. The highest BCUT2D eigenvalue weighted by Gasteiger charge is 2.42. The molecule has 0 aromatic heterocycles. The smallest absolute Gasteiger partial charge is 0.258 e. The first-order valence-corrected chi connectivity index (χ1v) is 7.90. The van der Waals surface area contributed by atoms with Crippen LogP contribution in [0.15, 0.2) is 18.2 Å². The molecule has 1 aromatic rings. The number of carbonyl (C=O) groups is 1. The summed E-state index contributed by atoms with van der Waals surface area (Å²) in [5.41, 5.74) is -0.0526. The summed E-state index contributed by atoms with van der Waals surface area (Å²) >= 11 is 6.00. The molecule has 2 fully saturated rings. The molecule has 1 atom stereocenters. The van der Waals surface area contributed by atoms with E-state index in [4.69, 9.17) is 21.1 Å². The molecule has 2 saturated heterocycles. The van der Waals surface area contributed by atoms with Crippen molar-refractivity contribution in [1.29, 1.82) is 0 Å². The molecule has 6 heteroatoms. The fraction of sp³-hybridized carbons (Fsp3) is 0.562. The SMILES string of the molecule is CC1(C2CCCN(C(=O)c3c(F)cccc3Cl)C2)OCCO1. The monoisotopic (exact) mass is 327 g/mol. The zero-order valence-corrected chi connectivity index (χ0v) is 13.2. The number of likely N-dealkylation sites (tertiary alicyclic amines) is 1. The molecule has 2 aliphatic heterocycles. The zero-order valence-electron chi connectivity index (χ0n) is 12.5. The maximum atomic E-state index is 13.9. The molecule has 2 aliphatic rings. The second-order valence-electron chi connectivity index (χ2n) is 5.90. The number of benzene rings is 1. The van der Waals surface area contributed by atoms with Crippen molar-refractivity contribution in [1.82, 2.24) is 4.90 Å². The number of nitrogens with zero attached hydrogens (tertiary/aromatic N) is 1. The predicted octanol–water partition coefficient (Wildman–Crippen LogP) is 3.09. The molecular formula is C16H19ClFNO3. The fourth-order valence-corrected chi connectivity index (χ4v) is 3.46. The van der Waals surface area contributed by atoms with E-state index >= 15 is 0 Å². The zero-order chi connectivity index (χ0) is 15.7. The van der Waals surface area contributed by atoms with E-state index in [0.717, 1.165) is 12.8 Å². The van der Waals surface area contributed by atoms with Gasteiger partial charge in [-0.3, -0.25) is 4.79 Å². The molecule has 0 bridgehead atoms. The molecule has 1 aromatic carbocycles. The molecule has 22 heavy (non-hydrogen) atoms. The number of ether oxygens (including phenoxy) is 2. The van der Waals surface area contributed by atoms with Crippen LogP contribution in [0.1, 0.15) is 30.1 Å². The summed E-state index contributed by atoms with van der Waals surface area (Å²) in [6.07, 6.45) is 1.76. The quantitative estimate of drug-likeness (QED) is 0.838. The Bertz CT molecular complexity index is 554. The summed E-state index contributed by atoms with van der Waals surface area (Å²) in [5, 5.41) is 0.145. The Kier molecular flexibility index (Phi) is 4.39. The van der Waals surface area contributed by atoms with Crippen LogP contribution in [0.2, 0.25) is 5.02 Å². The summed E-state index contributed by atoms with van der Waals surface area (Å²) in [7, 11) is 0. The third-order valence-electron chi connectivity index (χ3n) is 4.49. The third kappa shape index (κ3) is 2.85. The lowest BCUT2D eigenvalue weighted by molar-refractivity contribution is -0.189. The van der Waals surface area contributed by atoms with Crippen molar-refractivity contribution in [3.63, 3.8) is 0 Å². The minimum Gasteiger partial charge on any atom is -0.347 e. The summed E-state index contributed by atoms with van der Waals surface area (Å²) in [6.45, 7) is 4.13. The van der Waals surface area contributed by atoms with Crippen molar-refractivity contribution in [2.45, 2.75) is 25.6 Å². The summed E-state index contributed by atoms with van der Waals surface area (Å²) in [5.74, 6) is -1.52. The Labute approximate surface area is 134 Å². The fourth-order valence-electron chi connectivity index (χ4n) is 3.22. The summed E-state index contributed by atoms with van der Waals surface area (Å²) in [6, 6.07) is 4.28. The Balaban J connectivity index is 1.78. The molecule has 0 saturated carbocycles. The van der Waals surface area contributed by atoms with Gasteiger partial charge in [-0.1, -0.05) is 17.7 Å².